The van der Waals surface area contributed by atoms with Crippen LogP contribution in [0.25, 0.3) is 0 Å². The molecule has 18 heavy (non-hydrogen) atoms. The van der Waals surface area contributed by atoms with Crippen LogP contribution in [0.5, 0.6) is 0 Å². The second-order valence-electron chi connectivity index (χ2n) is 5.69. The van der Waals surface area contributed by atoms with Crippen LogP contribution in [0.2, 0.25) is 0 Å². The van der Waals surface area contributed by atoms with Crippen molar-refractivity contribution in [1.82, 2.24) is 10.2 Å². The summed E-state index contributed by atoms with van der Waals surface area (Å²) in [7, 11) is 0. The largest absolute Gasteiger partial charge is 0.356 e. The Morgan fingerprint density at radius 1 is 1.39 bits per heavy atom. The molecule has 3 atom stereocenters. The van der Waals surface area contributed by atoms with Crippen LogP contribution in [0.15, 0.2) is 0 Å². The number of fused-ring (bicyclic) bond motifs is 1. The summed E-state index contributed by atoms with van der Waals surface area (Å²) in [5.41, 5.74) is 5.90. The lowest BCUT2D eigenvalue weighted by Crippen LogP contribution is -2.47. The first-order chi connectivity index (χ1) is 8.76. The van der Waals surface area contributed by atoms with Gasteiger partial charge in [-0.1, -0.05) is 12.8 Å². The van der Waals surface area contributed by atoms with Gasteiger partial charge in [-0.2, -0.15) is 0 Å². The van der Waals surface area contributed by atoms with Gasteiger partial charge in [0.25, 0.3) is 0 Å². The van der Waals surface area contributed by atoms with E-state index in [1.54, 1.807) is 0 Å². The molecule has 1 heterocycles. The number of amides is 1. The zero-order valence-corrected chi connectivity index (χ0v) is 11.5. The highest BCUT2D eigenvalue weighted by Crippen LogP contribution is 2.37. The fourth-order valence-corrected chi connectivity index (χ4v) is 3.71. The molecule has 1 saturated heterocycles. The molecule has 1 aliphatic heterocycles. The summed E-state index contributed by atoms with van der Waals surface area (Å²) in [6, 6.07) is 0.936. The van der Waals surface area contributed by atoms with E-state index in [-0.39, 0.29) is 11.9 Å². The number of hydrogen-bond acceptors (Lipinski definition) is 3. The van der Waals surface area contributed by atoms with Crippen molar-refractivity contribution in [3.8, 4) is 0 Å². The molecule has 2 fully saturated rings. The zero-order chi connectivity index (χ0) is 13.0. The van der Waals surface area contributed by atoms with Gasteiger partial charge in [0.05, 0.1) is 0 Å². The Morgan fingerprint density at radius 3 is 2.89 bits per heavy atom. The molecule has 2 aliphatic rings. The summed E-state index contributed by atoms with van der Waals surface area (Å²) in [5, 5.41) is 2.88. The van der Waals surface area contributed by atoms with Gasteiger partial charge in [0.15, 0.2) is 0 Å². The molecule has 0 aromatic rings. The van der Waals surface area contributed by atoms with Gasteiger partial charge in [-0.15, -0.1) is 0 Å². The number of carbonyl (C=O) groups is 1. The van der Waals surface area contributed by atoms with Crippen molar-refractivity contribution in [2.24, 2.45) is 11.7 Å². The van der Waals surface area contributed by atoms with Crippen molar-refractivity contribution >= 4 is 5.91 Å². The minimum Gasteiger partial charge on any atom is -0.356 e. The van der Waals surface area contributed by atoms with Crippen molar-refractivity contribution < 1.29 is 4.79 Å². The fraction of sp³-hybridized carbons (Fsp3) is 0.929. The molecule has 0 aromatic heterocycles. The van der Waals surface area contributed by atoms with Gasteiger partial charge in [0.1, 0.15) is 0 Å². The van der Waals surface area contributed by atoms with E-state index in [1.165, 1.54) is 32.1 Å². The van der Waals surface area contributed by atoms with Crippen LogP contribution < -0.4 is 11.1 Å². The molecule has 0 aromatic carbocycles. The molecule has 3 N–H and O–H groups in total. The molecule has 0 bridgehead atoms. The molecule has 2 rings (SSSR count). The first-order valence-electron chi connectivity index (χ1n) is 7.48. The number of rotatable bonds is 5. The lowest BCUT2D eigenvalue weighted by molar-refractivity contribution is -0.122. The summed E-state index contributed by atoms with van der Waals surface area (Å²) in [5.74, 6) is 1.01. The van der Waals surface area contributed by atoms with E-state index in [0.29, 0.717) is 25.6 Å². The Morgan fingerprint density at radius 2 is 2.17 bits per heavy atom. The van der Waals surface area contributed by atoms with Gasteiger partial charge < -0.3 is 11.1 Å². The lowest BCUT2D eigenvalue weighted by Gasteiger charge is -2.36. The number of nitrogens with zero attached hydrogens (tertiary/aromatic N) is 1. The first-order valence-corrected chi connectivity index (χ1v) is 7.48. The fourth-order valence-electron chi connectivity index (χ4n) is 3.71. The quantitative estimate of drug-likeness (QED) is 0.771. The maximum absolute atomic E-state index is 11.7. The average Bonchev–Trinajstić information content (AvgIpc) is 2.80. The number of likely N-dealkylation sites (tertiary alicyclic amines) is 1. The third-order valence-corrected chi connectivity index (χ3v) is 4.59. The van der Waals surface area contributed by atoms with E-state index >= 15 is 0 Å². The predicted octanol–water partition coefficient (Wildman–Crippen LogP) is 1.10. The van der Waals surface area contributed by atoms with E-state index in [9.17, 15) is 4.79 Å². The molecule has 1 aliphatic carbocycles. The van der Waals surface area contributed by atoms with Crippen LogP contribution in [0, 0.1) is 5.92 Å². The number of carbonyl (C=O) groups excluding carboxylic acids is 1. The number of nitrogens with two attached hydrogens (primary N) is 1. The number of hydrogen-bond donors (Lipinski definition) is 2. The van der Waals surface area contributed by atoms with E-state index in [4.69, 9.17) is 5.73 Å². The van der Waals surface area contributed by atoms with Crippen LogP contribution in [0.3, 0.4) is 0 Å². The smallest absolute Gasteiger partial charge is 0.221 e. The average molecular weight is 253 g/mol. The molecule has 104 valence electrons. The van der Waals surface area contributed by atoms with Crippen LogP contribution in [0.4, 0.5) is 0 Å². The number of nitrogens with one attached hydrogen (secondary N) is 1. The van der Waals surface area contributed by atoms with Gasteiger partial charge in [-0.3, -0.25) is 9.69 Å². The molecule has 1 saturated carbocycles. The highest BCUT2D eigenvalue weighted by Gasteiger charge is 2.38. The predicted molar refractivity (Wildman–Crippen MR) is 73.2 cm³/mol. The standard InChI is InChI=1S/C14H27N3O/c1-2-16-14(18)9-12(10-15)17-8-7-11-5-3-4-6-13(11)17/h11-13H,2-10,15H2,1H3,(H,16,18). The summed E-state index contributed by atoms with van der Waals surface area (Å²) in [4.78, 5) is 14.3. The molecule has 0 spiro atoms. The maximum atomic E-state index is 11.7. The molecular formula is C14H27N3O. The zero-order valence-electron chi connectivity index (χ0n) is 11.5. The van der Waals surface area contributed by atoms with Crippen LogP contribution in [-0.2, 0) is 4.79 Å². The molecule has 0 radical (unpaired) electrons. The molecule has 3 unspecified atom stereocenters. The van der Waals surface area contributed by atoms with Gasteiger partial charge in [0.2, 0.25) is 5.91 Å². The van der Waals surface area contributed by atoms with Gasteiger partial charge in [0, 0.05) is 31.6 Å². The molecule has 4 heteroatoms. The summed E-state index contributed by atoms with van der Waals surface area (Å²) in [6.45, 7) is 4.40. The van der Waals surface area contributed by atoms with Crippen molar-refractivity contribution in [2.75, 3.05) is 19.6 Å². The molecular weight excluding hydrogens is 226 g/mol. The monoisotopic (exact) mass is 253 g/mol. The minimum atomic E-state index is 0.146. The second kappa shape index (κ2) is 6.53. The van der Waals surface area contributed by atoms with Crippen LogP contribution >= 0.6 is 0 Å². The van der Waals surface area contributed by atoms with E-state index in [2.05, 4.69) is 10.2 Å². The molecule has 1 amide bonds. The first kappa shape index (κ1) is 13.8. The van der Waals surface area contributed by atoms with Gasteiger partial charge >= 0.3 is 0 Å². The SMILES string of the molecule is CCNC(=O)CC(CN)N1CCC2CCCCC21. The Hall–Kier alpha value is -0.610. The van der Waals surface area contributed by atoms with E-state index in [0.717, 1.165) is 12.5 Å². The Labute approximate surface area is 110 Å². The minimum absolute atomic E-state index is 0.146. The Bertz CT molecular complexity index is 282. The molecule has 4 nitrogen and oxygen atoms in total. The van der Waals surface area contributed by atoms with Crippen molar-refractivity contribution in [1.29, 1.82) is 0 Å². The second-order valence-corrected chi connectivity index (χ2v) is 5.69. The summed E-state index contributed by atoms with van der Waals surface area (Å²) < 4.78 is 0. The normalized spacial score (nSPS) is 29.9. The van der Waals surface area contributed by atoms with Crippen LogP contribution in [-0.4, -0.2) is 42.5 Å². The van der Waals surface area contributed by atoms with Crippen LogP contribution in [0.1, 0.15) is 45.4 Å². The highest BCUT2D eigenvalue weighted by atomic mass is 16.1. The lowest BCUT2D eigenvalue weighted by atomic mass is 9.85. The van der Waals surface area contributed by atoms with Crippen molar-refractivity contribution in [2.45, 2.75) is 57.5 Å². The summed E-state index contributed by atoms with van der Waals surface area (Å²) >= 11 is 0. The van der Waals surface area contributed by atoms with E-state index < -0.39 is 0 Å². The Kier molecular flexibility index (Phi) is 5.01. The maximum Gasteiger partial charge on any atom is 0.221 e. The third-order valence-electron chi connectivity index (χ3n) is 4.59. The topological polar surface area (TPSA) is 58.4 Å². The Balaban J connectivity index is 1.93. The van der Waals surface area contributed by atoms with Gasteiger partial charge in [-0.25, -0.2) is 0 Å². The van der Waals surface area contributed by atoms with Crippen molar-refractivity contribution in [3.63, 3.8) is 0 Å². The highest BCUT2D eigenvalue weighted by molar-refractivity contribution is 5.76. The van der Waals surface area contributed by atoms with Gasteiger partial charge in [-0.05, 0) is 38.6 Å². The van der Waals surface area contributed by atoms with E-state index in [1.807, 2.05) is 6.92 Å². The summed E-state index contributed by atoms with van der Waals surface area (Å²) in [6.07, 6.45) is 7.27. The third kappa shape index (κ3) is 3.04. The van der Waals surface area contributed by atoms with Crippen molar-refractivity contribution in [3.05, 3.63) is 0 Å².